The van der Waals surface area contributed by atoms with Crippen LogP contribution in [0.25, 0.3) is 16.7 Å². The SMILES string of the molecule is C=C(C)c1ccc(-c2ccc(OC(CCCCCC)c3ccc(C(=O)NCCC(=O)O)cc3)cc2C(F)(F)F)cc1. The van der Waals surface area contributed by atoms with Gasteiger partial charge in [-0.1, -0.05) is 80.8 Å². The van der Waals surface area contributed by atoms with Crippen LogP contribution in [0, 0.1) is 0 Å². The topological polar surface area (TPSA) is 75.6 Å². The number of unbranched alkanes of at least 4 members (excludes halogenated alkanes) is 3. The summed E-state index contributed by atoms with van der Waals surface area (Å²) in [5.41, 5.74) is 2.50. The number of carbonyl (C=O) groups is 2. The summed E-state index contributed by atoms with van der Waals surface area (Å²) in [6.45, 7) is 7.82. The monoisotopic (exact) mass is 567 g/mol. The number of nitrogens with one attached hydrogen (secondary N) is 1. The van der Waals surface area contributed by atoms with Crippen LogP contribution >= 0.6 is 0 Å². The van der Waals surface area contributed by atoms with Crippen molar-refractivity contribution in [2.24, 2.45) is 0 Å². The molecule has 41 heavy (non-hydrogen) atoms. The quantitative estimate of drug-likeness (QED) is 0.191. The predicted octanol–water partition coefficient (Wildman–Crippen LogP) is 8.70. The van der Waals surface area contributed by atoms with Crippen molar-refractivity contribution in [3.05, 3.63) is 95.6 Å². The van der Waals surface area contributed by atoms with E-state index >= 15 is 0 Å². The first kappa shape index (κ1) is 31.5. The van der Waals surface area contributed by atoms with Crippen molar-refractivity contribution < 1.29 is 32.6 Å². The van der Waals surface area contributed by atoms with Gasteiger partial charge < -0.3 is 15.2 Å². The summed E-state index contributed by atoms with van der Waals surface area (Å²) in [5.74, 6) is -1.30. The van der Waals surface area contributed by atoms with Gasteiger partial charge in [-0.15, -0.1) is 0 Å². The van der Waals surface area contributed by atoms with Gasteiger partial charge in [0, 0.05) is 12.1 Å². The third-order valence-electron chi connectivity index (χ3n) is 6.75. The van der Waals surface area contributed by atoms with Gasteiger partial charge >= 0.3 is 12.1 Å². The highest BCUT2D eigenvalue weighted by Gasteiger charge is 2.34. The van der Waals surface area contributed by atoms with E-state index < -0.39 is 29.7 Å². The molecule has 0 aliphatic rings. The Morgan fingerprint density at radius 2 is 1.61 bits per heavy atom. The van der Waals surface area contributed by atoms with Gasteiger partial charge in [-0.25, -0.2) is 0 Å². The Hall–Kier alpha value is -4.07. The number of allylic oxidation sites excluding steroid dienone is 1. The summed E-state index contributed by atoms with van der Waals surface area (Å²) in [7, 11) is 0. The molecule has 0 radical (unpaired) electrons. The van der Waals surface area contributed by atoms with Crippen molar-refractivity contribution in [2.75, 3.05) is 6.54 Å². The van der Waals surface area contributed by atoms with Crippen LogP contribution < -0.4 is 10.1 Å². The standard InChI is InChI=1S/C33H36F3NO4/c1-4-5-6-7-8-30(25-13-15-26(16-14-25)32(40)37-20-19-31(38)39)41-27-17-18-28(29(21-27)33(34,35)36)24-11-9-23(10-12-24)22(2)3/h9-18,21,30H,2,4-8,19-20H2,1,3H3,(H,37,40)(H,38,39). The zero-order valence-electron chi connectivity index (χ0n) is 23.4. The van der Waals surface area contributed by atoms with E-state index in [9.17, 15) is 22.8 Å². The summed E-state index contributed by atoms with van der Waals surface area (Å²) in [6.07, 6.45) is -0.819. The van der Waals surface area contributed by atoms with Crippen molar-refractivity contribution >= 4 is 17.4 Å². The first-order valence-electron chi connectivity index (χ1n) is 13.7. The molecule has 8 heteroatoms. The molecule has 0 heterocycles. The number of hydrogen-bond donors (Lipinski definition) is 2. The summed E-state index contributed by atoms with van der Waals surface area (Å²) in [4.78, 5) is 23.0. The Morgan fingerprint density at radius 3 is 2.20 bits per heavy atom. The molecule has 0 spiro atoms. The zero-order valence-corrected chi connectivity index (χ0v) is 23.4. The molecule has 3 rings (SSSR count). The van der Waals surface area contributed by atoms with E-state index in [1.807, 2.05) is 6.92 Å². The largest absolute Gasteiger partial charge is 0.486 e. The van der Waals surface area contributed by atoms with E-state index in [1.165, 1.54) is 6.07 Å². The Kier molecular flexibility index (Phi) is 11.1. The van der Waals surface area contributed by atoms with E-state index in [2.05, 4.69) is 18.8 Å². The van der Waals surface area contributed by atoms with Crippen LogP contribution in [0.15, 0.2) is 73.3 Å². The number of alkyl halides is 3. The Balaban J connectivity index is 1.86. The van der Waals surface area contributed by atoms with Gasteiger partial charge in [-0.2, -0.15) is 13.2 Å². The fourth-order valence-electron chi connectivity index (χ4n) is 4.47. The molecule has 1 unspecified atom stereocenters. The highest BCUT2D eigenvalue weighted by Crippen LogP contribution is 2.40. The van der Waals surface area contributed by atoms with Crippen molar-refractivity contribution in [3.8, 4) is 16.9 Å². The second-order valence-electron chi connectivity index (χ2n) is 10.0. The van der Waals surface area contributed by atoms with Crippen LogP contribution in [-0.4, -0.2) is 23.5 Å². The summed E-state index contributed by atoms with van der Waals surface area (Å²) in [5, 5.41) is 11.3. The highest BCUT2D eigenvalue weighted by atomic mass is 19.4. The van der Waals surface area contributed by atoms with Crippen LogP contribution in [0.1, 0.15) is 85.5 Å². The van der Waals surface area contributed by atoms with Crippen molar-refractivity contribution in [1.82, 2.24) is 5.32 Å². The minimum Gasteiger partial charge on any atom is -0.486 e. The average molecular weight is 568 g/mol. The second kappa shape index (κ2) is 14.5. The van der Waals surface area contributed by atoms with E-state index in [-0.39, 0.29) is 24.3 Å². The van der Waals surface area contributed by atoms with Crippen LogP contribution in [0.5, 0.6) is 5.75 Å². The first-order valence-corrected chi connectivity index (χ1v) is 13.7. The number of halogens is 3. The van der Waals surface area contributed by atoms with Crippen LogP contribution in [0.4, 0.5) is 13.2 Å². The third-order valence-corrected chi connectivity index (χ3v) is 6.75. The number of aliphatic carboxylic acids is 1. The number of ether oxygens (including phenoxy) is 1. The molecule has 0 fully saturated rings. The molecule has 0 saturated carbocycles. The maximum Gasteiger partial charge on any atom is 0.417 e. The maximum atomic E-state index is 14.2. The van der Waals surface area contributed by atoms with Gasteiger partial charge in [0.1, 0.15) is 11.9 Å². The van der Waals surface area contributed by atoms with Crippen molar-refractivity contribution in [2.45, 2.75) is 64.7 Å². The minimum atomic E-state index is -4.59. The van der Waals surface area contributed by atoms with Gasteiger partial charge in [-0.05, 0) is 66.3 Å². The fourth-order valence-corrected chi connectivity index (χ4v) is 4.47. The number of benzene rings is 3. The van der Waals surface area contributed by atoms with Crippen LogP contribution in [-0.2, 0) is 11.0 Å². The highest BCUT2D eigenvalue weighted by molar-refractivity contribution is 5.94. The van der Waals surface area contributed by atoms with E-state index in [0.29, 0.717) is 17.5 Å². The predicted molar refractivity (Wildman–Crippen MR) is 155 cm³/mol. The van der Waals surface area contributed by atoms with Gasteiger partial charge in [0.25, 0.3) is 5.91 Å². The molecule has 1 atom stereocenters. The molecule has 2 N–H and O–H groups in total. The smallest absolute Gasteiger partial charge is 0.417 e. The number of carboxylic acid groups (broad SMARTS) is 1. The number of rotatable bonds is 14. The lowest BCUT2D eigenvalue weighted by atomic mass is 9.96. The van der Waals surface area contributed by atoms with Gasteiger partial charge in [0.2, 0.25) is 0 Å². The zero-order chi connectivity index (χ0) is 30.0. The minimum absolute atomic E-state index is 0.00859. The lowest BCUT2D eigenvalue weighted by molar-refractivity contribution is -0.138. The first-order chi connectivity index (χ1) is 19.5. The summed E-state index contributed by atoms with van der Waals surface area (Å²) in [6, 6.07) is 17.5. The molecule has 0 aliphatic carbocycles. The van der Waals surface area contributed by atoms with Gasteiger partial charge in [-0.3, -0.25) is 9.59 Å². The van der Waals surface area contributed by atoms with E-state index in [1.54, 1.807) is 54.6 Å². The molecule has 0 saturated heterocycles. The van der Waals surface area contributed by atoms with Crippen molar-refractivity contribution in [1.29, 1.82) is 0 Å². The third kappa shape index (κ3) is 9.23. The normalized spacial score (nSPS) is 12.0. The number of carbonyl (C=O) groups excluding carboxylic acids is 1. The molecule has 3 aromatic rings. The number of carboxylic acids is 1. The lowest BCUT2D eigenvalue weighted by Gasteiger charge is -2.22. The molecule has 0 aromatic heterocycles. The molecule has 218 valence electrons. The molecular weight excluding hydrogens is 531 g/mol. The number of amides is 1. The van der Waals surface area contributed by atoms with Crippen LogP contribution in [0.2, 0.25) is 0 Å². The van der Waals surface area contributed by atoms with Gasteiger partial charge in [0.15, 0.2) is 0 Å². The van der Waals surface area contributed by atoms with E-state index in [0.717, 1.165) is 48.4 Å². The molecule has 0 aliphatic heterocycles. The molecule has 1 amide bonds. The lowest BCUT2D eigenvalue weighted by Crippen LogP contribution is -2.26. The van der Waals surface area contributed by atoms with E-state index in [4.69, 9.17) is 9.84 Å². The number of hydrogen-bond acceptors (Lipinski definition) is 3. The Labute approximate surface area is 239 Å². The average Bonchev–Trinajstić information content (AvgIpc) is 2.94. The van der Waals surface area contributed by atoms with Gasteiger partial charge in [0.05, 0.1) is 12.0 Å². The van der Waals surface area contributed by atoms with Crippen molar-refractivity contribution in [3.63, 3.8) is 0 Å². The molecule has 5 nitrogen and oxygen atoms in total. The molecule has 3 aromatic carbocycles. The molecular formula is C33H36F3NO4. The Bertz CT molecular complexity index is 1330. The van der Waals surface area contributed by atoms with Crippen LogP contribution in [0.3, 0.4) is 0 Å². The molecule has 0 bridgehead atoms. The second-order valence-corrected chi connectivity index (χ2v) is 10.0. The summed E-state index contributed by atoms with van der Waals surface area (Å²) >= 11 is 0. The maximum absolute atomic E-state index is 14.2. The fraction of sp³-hybridized carbons (Fsp3) is 0.333. The summed E-state index contributed by atoms with van der Waals surface area (Å²) < 4.78 is 48.7. The Morgan fingerprint density at radius 1 is 0.951 bits per heavy atom.